The van der Waals surface area contributed by atoms with Gasteiger partial charge in [0.2, 0.25) is 10.0 Å². The molecular weight excluding hydrogens is 496 g/mol. The number of nitrogens with zero attached hydrogens (tertiary/aromatic N) is 3. The minimum atomic E-state index is -3.51. The molecule has 0 spiro atoms. The molecule has 1 saturated heterocycles. The summed E-state index contributed by atoms with van der Waals surface area (Å²) in [6.45, 7) is 1.10. The van der Waals surface area contributed by atoms with E-state index < -0.39 is 21.9 Å². The number of carbonyl (C=O) groups excluding carboxylic acids is 1. The highest BCUT2D eigenvalue weighted by Crippen LogP contribution is 2.33. The van der Waals surface area contributed by atoms with Crippen LogP contribution in [0.25, 0.3) is 11.4 Å². The molecule has 174 valence electrons. The zero-order chi connectivity index (χ0) is 24.0. The summed E-state index contributed by atoms with van der Waals surface area (Å²) in [5, 5.41) is 2.94. The number of rotatable bonds is 6. The van der Waals surface area contributed by atoms with Gasteiger partial charge in [0.1, 0.15) is 0 Å². The van der Waals surface area contributed by atoms with Crippen LogP contribution in [-0.2, 0) is 10.0 Å². The number of nitrogens with one attached hydrogen (secondary N) is 2. The van der Waals surface area contributed by atoms with Gasteiger partial charge >= 0.3 is 0 Å². The number of benzene rings is 1. The third-order valence-corrected chi connectivity index (χ3v) is 6.56. The molecule has 1 aliphatic heterocycles. The van der Waals surface area contributed by atoms with Gasteiger partial charge in [-0.1, -0.05) is 11.6 Å². The third kappa shape index (κ3) is 5.57. The first kappa shape index (κ1) is 23.3. The highest BCUT2D eigenvalue weighted by Gasteiger charge is 2.44. The van der Waals surface area contributed by atoms with Gasteiger partial charge in [-0.15, -0.1) is 11.3 Å². The van der Waals surface area contributed by atoms with Crippen LogP contribution in [0.5, 0.6) is 0 Å². The Morgan fingerprint density at radius 3 is 2.39 bits per heavy atom. The molecule has 8 nitrogen and oxygen atoms in total. The molecular formula is C20H18ClF2N5O3S2. The summed E-state index contributed by atoms with van der Waals surface area (Å²) in [5.41, 5.74) is 1.70. The zero-order valence-electron chi connectivity index (χ0n) is 17.4. The van der Waals surface area contributed by atoms with Gasteiger partial charge in [0.15, 0.2) is 5.82 Å². The summed E-state index contributed by atoms with van der Waals surface area (Å²) in [7, 11) is -3.51. The van der Waals surface area contributed by atoms with E-state index in [1.165, 1.54) is 46.8 Å². The number of thiophene rings is 1. The maximum atomic E-state index is 13.1. The molecule has 0 saturated carbocycles. The number of hydrogen-bond acceptors (Lipinski definition) is 7. The fourth-order valence-electron chi connectivity index (χ4n) is 3.26. The summed E-state index contributed by atoms with van der Waals surface area (Å²) in [6.07, 6.45) is 3.98. The molecule has 2 aromatic heterocycles. The molecule has 0 unspecified atom stereocenters. The minimum absolute atomic E-state index is 0.219. The Balaban J connectivity index is 1.50. The minimum Gasteiger partial charge on any atom is -0.357 e. The summed E-state index contributed by atoms with van der Waals surface area (Å²) < 4.78 is 51.4. The van der Waals surface area contributed by atoms with Gasteiger partial charge in [-0.05, 0) is 31.2 Å². The van der Waals surface area contributed by atoms with Gasteiger partial charge in [0.05, 0.1) is 48.0 Å². The average molecular weight is 514 g/mol. The maximum absolute atomic E-state index is 13.1. The molecule has 1 aromatic carbocycles. The molecule has 0 bridgehead atoms. The molecule has 3 aromatic rings. The molecule has 1 fully saturated rings. The summed E-state index contributed by atoms with van der Waals surface area (Å²) in [4.78, 5) is 24.0. The van der Waals surface area contributed by atoms with Crippen molar-refractivity contribution >= 4 is 55.9 Å². The Bertz CT molecular complexity index is 1320. The van der Waals surface area contributed by atoms with Crippen LogP contribution >= 0.6 is 22.9 Å². The molecule has 0 atom stereocenters. The first-order valence-corrected chi connectivity index (χ1v) is 12.6. The summed E-state index contributed by atoms with van der Waals surface area (Å²) >= 11 is 7.27. The van der Waals surface area contributed by atoms with Gasteiger partial charge < -0.3 is 10.2 Å². The van der Waals surface area contributed by atoms with E-state index in [4.69, 9.17) is 11.6 Å². The van der Waals surface area contributed by atoms with E-state index in [-0.39, 0.29) is 23.8 Å². The summed E-state index contributed by atoms with van der Waals surface area (Å²) in [6, 6.07) is 6.01. The second-order valence-electron chi connectivity index (χ2n) is 7.61. The van der Waals surface area contributed by atoms with E-state index in [1.807, 2.05) is 6.92 Å². The van der Waals surface area contributed by atoms with Crippen LogP contribution in [-0.4, -0.2) is 49.6 Å². The van der Waals surface area contributed by atoms with Crippen LogP contribution in [0.4, 0.5) is 25.8 Å². The number of aryl methyl sites for hydroxylation is 1. The molecule has 2 N–H and O–H groups in total. The van der Waals surface area contributed by atoms with Gasteiger partial charge in [0.25, 0.3) is 11.8 Å². The van der Waals surface area contributed by atoms with Crippen LogP contribution in [0, 0.1) is 6.92 Å². The normalized spacial score (nSPS) is 15.1. The zero-order valence-corrected chi connectivity index (χ0v) is 19.8. The standard InChI is InChI=1S/C20H18ClF2N5O3S2/c1-11-16(18-24-7-15(8-25-18)28-9-20(22,23)10-28)6-17(32-11)19(29)26-13-3-12(21)4-14(5-13)27-33(2,30)31/h3-8,27H,9-10H2,1-2H3,(H,26,29). The largest absolute Gasteiger partial charge is 0.357 e. The molecule has 3 heterocycles. The van der Waals surface area contributed by atoms with Crippen molar-refractivity contribution in [1.82, 2.24) is 9.97 Å². The number of carbonyl (C=O) groups is 1. The van der Waals surface area contributed by atoms with Crippen molar-refractivity contribution in [3.05, 3.63) is 51.4 Å². The molecule has 1 aliphatic rings. The fraction of sp³-hybridized carbons (Fsp3) is 0.250. The maximum Gasteiger partial charge on any atom is 0.282 e. The SMILES string of the molecule is Cc1sc(C(=O)Nc2cc(Cl)cc(NS(C)(=O)=O)c2)cc1-c1ncc(N2CC(F)(F)C2)cn1. The van der Waals surface area contributed by atoms with Crippen molar-refractivity contribution < 1.29 is 22.0 Å². The van der Waals surface area contributed by atoms with Gasteiger partial charge in [-0.25, -0.2) is 27.2 Å². The quantitative estimate of drug-likeness (QED) is 0.511. The number of alkyl halides is 2. The van der Waals surface area contributed by atoms with Crippen LogP contribution < -0.4 is 14.9 Å². The monoisotopic (exact) mass is 513 g/mol. The van der Waals surface area contributed by atoms with Gasteiger partial charge in [-0.3, -0.25) is 9.52 Å². The number of amides is 1. The number of hydrogen-bond donors (Lipinski definition) is 2. The first-order valence-electron chi connectivity index (χ1n) is 9.54. The predicted octanol–water partition coefficient (Wildman–Crippen LogP) is 4.25. The lowest BCUT2D eigenvalue weighted by atomic mass is 10.1. The van der Waals surface area contributed by atoms with Crippen molar-refractivity contribution in [3.63, 3.8) is 0 Å². The lowest BCUT2D eigenvalue weighted by Gasteiger charge is -2.39. The van der Waals surface area contributed by atoms with Crippen LogP contribution in [0.3, 0.4) is 0 Å². The van der Waals surface area contributed by atoms with Gasteiger partial charge in [0, 0.05) is 21.2 Å². The average Bonchev–Trinajstić information content (AvgIpc) is 3.06. The van der Waals surface area contributed by atoms with E-state index in [2.05, 4.69) is 20.0 Å². The fourth-order valence-corrected chi connectivity index (χ4v) is 4.95. The Morgan fingerprint density at radius 2 is 1.79 bits per heavy atom. The Hall–Kier alpha value is -2.83. The van der Waals surface area contributed by atoms with Crippen LogP contribution in [0.1, 0.15) is 14.5 Å². The Kier molecular flexibility index (Phi) is 6.01. The van der Waals surface area contributed by atoms with Crippen molar-refractivity contribution in [1.29, 1.82) is 0 Å². The summed E-state index contributed by atoms with van der Waals surface area (Å²) in [5.74, 6) is -2.72. The van der Waals surface area contributed by atoms with E-state index in [0.717, 1.165) is 11.1 Å². The number of anilines is 3. The predicted molar refractivity (Wildman–Crippen MR) is 125 cm³/mol. The molecule has 33 heavy (non-hydrogen) atoms. The highest BCUT2D eigenvalue weighted by molar-refractivity contribution is 7.92. The molecule has 0 radical (unpaired) electrons. The molecule has 0 aliphatic carbocycles. The number of halogens is 3. The van der Waals surface area contributed by atoms with E-state index in [1.54, 1.807) is 6.07 Å². The third-order valence-electron chi connectivity index (χ3n) is 4.69. The van der Waals surface area contributed by atoms with Crippen molar-refractivity contribution in [3.8, 4) is 11.4 Å². The number of aromatic nitrogens is 2. The van der Waals surface area contributed by atoms with E-state index in [0.29, 0.717) is 27.6 Å². The second kappa shape index (κ2) is 8.50. The van der Waals surface area contributed by atoms with Crippen molar-refractivity contribution in [2.75, 3.05) is 34.3 Å². The smallest absolute Gasteiger partial charge is 0.282 e. The second-order valence-corrected chi connectivity index (χ2v) is 11.1. The van der Waals surface area contributed by atoms with Crippen LogP contribution in [0.15, 0.2) is 36.7 Å². The lowest BCUT2D eigenvalue weighted by molar-refractivity contribution is -0.0263. The molecule has 13 heteroatoms. The lowest BCUT2D eigenvalue weighted by Crippen LogP contribution is -2.56. The highest BCUT2D eigenvalue weighted by atomic mass is 35.5. The Labute approximate surface area is 197 Å². The first-order chi connectivity index (χ1) is 15.4. The molecule has 1 amide bonds. The van der Waals surface area contributed by atoms with Gasteiger partial charge in [-0.2, -0.15) is 0 Å². The Morgan fingerprint density at radius 1 is 1.15 bits per heavy atom. The molecule has 4 rings (SSSR count). The van der Waals surface area contributed by atoms with Crippen molar-refractivity contribution in [2.45, 2.75) is 12.8 Å². The van der Waals surface area contributed by atoms with Crippen LogP contribution in [0.2, 0.25) is 5.02 Å². The van der Waals surface area contributed by atoms with E-state index in [9.17, 15) is 22.0 Å². The van der Waals surface area contributed by atoms with E-state index >= 15 is 0 Å². The topological polar surface area (TPSA) is 104 Å². The van der Waals surface area contributed by atoms with Crippen molar-refractivity contribution in [2.24, 2.45) is 0 Å². The number of sulfonamides is 1.